The molecule has 0 fully saturated rings. The number of aryl methyl sites for hydroxylation is 1. The summed E-state index contributed by atoms with van der Waals surface area (Å²) in [5.41, 5.74) is 10.0. The minimum Gasteiger partial charge on any atom is -0.320 e. The van der Waals surface area contributed by atoms with Crippen LogP contribution in [0.3, 0.4) is 0 Å². The van der Waals surface area contributed by atoms with E-state index >= 15 is 0 Å². The first-order valence-corrected chi connectivity index (χ1v) is 7.82. The zero-order valence-corrected chi connectivity index (χ0v) is 13.0. The first kappa shape index (κ1) is 12.9. The second-order valence-electron chi connectivity index (χ2n) is 4.64. The molecule has 0 spiro atoms. The Balaban J connectivity index is 2.13. The van der Waals surface area contributed by atoms with Crippen LogP contribution in [0, 0.1) is 6.92 Å². The summed E-state index contributed by atoms with van der Waals surface area (Å²) >= 11 is 5.41. The van der Waals surface area contributed by atoms with Crippen LogP contribution < -0.4 is 5.73 Å². The van der Waals surface area contributed by atoms with E-state index in [1.807, 2.05) is 0 Å². The highest BCUT2D eigenvalue weighted by Gasteiger charge is 2.16. The summed E-state index contributed by atoms with van der Waals surface area (Å²) in [5.74, 6) is 0. The molecule has 3 aromatic rings. The summed E-state index contributed by atoms with van der Waals surface area (Å²) in [5, 5.41) is 3.43. The summed E-state index contributed by atoms with van der Waals surface area (Å²) in [6.45, 7) is 2.09. The maximum Gasteiger partial charge on any atom is 0.0577 e. The summed E-state index contributed by atoms with van der Waals surface area (Å²) < 4.78 is 2.40. The molecule has 96 valence electrons. The van der Waals surface area contributed by atoms with Crippen molar-refractivity contribution in [2.75, 3.05) is 0 Å². The third-order valence-corrected chi connectivity index (χ3v) is 5.47. The van der Waals surface area contributed by atoms with E-state index in [0.29, 0.717) is 0 Å². The molecule has 0 bridgehead atoms. The van der Waals surface area contributed by atoms with Crippen molar-refractivity contribution in [1.82, 2.24) is 0 Å². The molecule has 3 rings (SSSR count). The third-order valence-electron chi connectivity index (χ3n) is 3.40. The smallest absolute Gasteiger partial charge is 0.0577 e. The van der Waals surface area contributed by atoms with E-state index in [0.717, 1.165) is 10.0 Å². The van der Waals surface area contributed by atoms with Gasteiger partial charge < -0.3 is 5.73 Å². The van der Waals surface area contributed by atoms with Gasteiger partial charge in [0, 0.05) is 9.17 Å². The Bertz CT molecular complexity index is 732. The van der Waals surface area contributed by atoms with Crippen LogP contribution in [0.2, 0.25) is 0 Å². The number of fused-ring (bicyclic) bond motifs is 1. The monoisotopic (exact) mass is 331 g/mol. The Kier molecular flexibility index (Phi) is 3.44. The van der Waals surface area contributed by atoms with Gasteiger partial charge >= 0.3 is 0 Å². The second-order valence-corrected chi connectivity index (χ2v) is 6.35. The van der Waals surface area contributed by atoms with E-state index in [-0.39, 0.29) is 6.04 Å². The molecule has 0 saturated carbocycles. The van der Waals surface area contributed by atoms with Crippen LogP contribution in [0.5, 0.6) is 0 Å². The molecule has 2 N–H and O–H groups in total. The fourth-order valence-corrected chi connectivity index (χ4v) is 3.83. The fraction of sp³-hybridized carbons (Fsp3) is 0.125. The van der Waals surface area contributed by atoms with Gasteiger partial charge in [0.25, 0.3) is 0 Å². The Hall–Kier alpha value is -1.16. The topological polar surface area (TPSA) is 26.0 Å². The summed E-state index contributed by atoms with van der Waals surface area (Å²) in [7, 11) is 0. The van der Waals surface area contributed by atoms with Gasteiger partial charge in [0.2, 0.25) is 0 Å². The van der Waals surface area contributed by atoms with E-state index in [4.69, 9.17) is 5.73 Å². The molecule has 0 saturated heterocycles. The van der Waals surface area contributed by atoms with Crippen molar-refractivity contribution < 1.29 is 0 Å². The van der Waals surface area contributed by atoms with Gasteiger partial charge in [-0.1, -0.05) is 52.3 Å². The van der Waals surface area contributed by atoms with Crippen molar-refractivity contribution in [2.24, 2.45) is 5.73 Å². The Labute approximate surface area is 125 Å². The van der Waals surface area contributed by atoms with E-state index in [9.17, 15) is 0 Å². The molecule has 1 atom stereocenters. The van der Waals surface area contributed by atoms with Crippen molar-refractivity contribution in [3.05, 3.63) is 69.0 Å². The molecule has 2 aromatic carbocycles. The van der Waals surface area contributed by atoms with Crippen LogP contribution >= 0.6 is 27.3 Å². The van der Waals surface area contributed by atoms with Crippen molar-refractivity contribution in [1.29, 1.82) is 0 Å². The predicted octanol–water partition coefficient (Wildman–Crippen LogP) is 5.02. The van der Waals surface area contributed by atoms with Crippen LogP contribution in [0.4, 0.5) is 0 Å². The Morgan fingerprint density at radius 3 is 2.68 bits per heavy atom. The molecule has 1 unspecified atom stereocenters. The minimum atomic E-state index is -0.0922. The third kappa shape index (κ3) is 2.22. The fourth-order valence-electron chi connectivity index (χ4n) is 2.32. The van der Waals surface area contributed by atoms with Gasteiger partial charge in [-0.05, 0) is 40.4 Å². The molecule has 3 heteroatoms. The van der Waals surface area contributed by atoms with Crippen molar-refractivity contribution in [2.45, 2.75) is 13.0 Å². The van der Waals surface area contributed by atoms with Crippen LogP contribution in [0.15, 0.2) is 52.3 Å². The zero-order valence-electron chi connectivity index (χ0n) is 10.6. The lowest BCUT2D eigenvalue weighted by Gasteiger charge is -2.15. The van der Waals surface area contributed by atoms with Gasteiger partial charge in [0.05, 0.1) is 6.04 Å². The Morgan fingerprint density at radius 2 is 1.84 bits per heavy atom. The average Bonchev–Trinajstić information content (AvgIpc) is 2.85. The number of thiophene rings is 1. The maximum atomic E-state index is 6.47. The van der Waals surface area contributed by atoms with Crippen LogP contribution in [0.1, 0.15) is 22.7 Å². The molecular formula is C16H14BrNS. The SMILES string of the molecule is Cc1cccc(C(N)c2csc3ccccc23)c1Br. The van der Waals surface area contributed by atoms with E-state index in [1.54, 1.807) is 11.3 Å². The van der Waals surface area contributed by atoms with Gasteiger partial charge in [-0.3, -0.25) is 0 Å². The highest BCUT2D eigenvalue weighted by molar-refractivity contribution is 9.10. The van der Waals surface area contributed by atoms with Gasteiger partial charge in [-0.15, -0.1) is 11.3 Å². The number of hydrogen-bond donors (Lipinski definition) is 1. The predicted molar refractivity (Wildman–Crippen MR) is 86.7 cm³/mol. The maximum absolute atomic E-state index is 6.47. The first-order valence-electron chi connectivity index (χ1n) is 6.15. The standard InChI is InChI=1S/C16H14BrNS/c1-10-5-4-7-12(15(10)17)16(18)13-9-19-14-8-3-2-6-11(13)14/h2-9,16H,18H2,1H3. The number of halogens is 1. The molecule has 0 aliphatic carbocycles. The van der Waals surface area contributed by atoms with Crippen molar-refractivity contribution in [3.8, 4) is 0 Å². The number of nitrogens with two attached hydrogens (primary N) is 1. The molecule has 1 nitrogen and oxygen atoms in total. The second kappa shape index (κ2) is 5.08. The molecule has 0 amide bonds. The number of rotatable bonds is 2. The summed E-state index contributed by atoms with van der Waals surface area (Å²) in [6.07, 6.45) is 0. The highest BCUT2D eigenvalue weighted by Crippen LogP contribution is 2.35. The number of benzene rings is 2. The lowest BCUT2D eigenvalue weighted by molar-refractivity contribution is 0.876. The lowest BCUT2D eigenvalue weighted by Crippen LogP contribution is -2.12. The Morgan fingerprint density at radius 1 is 1.05 bits per heavy atom. The van der Waals surface area contributed by atoms with Gasteiger partial charge in [0.15, 0.2) is 0 Å². The van der Waals surface area contributed by atoms with Crippen LogP contribution in [-0.4, -0.2) is 0 Å². The molecule has 1 heterocycles. The van der Waals surface area contributed by atoms with Crippen LogP contribution in [-0.2, 0) is 0 Å². The molecule has 1 aromatic heterocycles. The average molecular weight is 332 g/mol. The van der Waals surface area contributed by atoms with Gasteiger partial charge in [0.1, 0.15) is 0 Å². The molecule has 0 radical (unpaired) electrons. The molecule has 0 aliphatic rings. The van der Waals surface area contributed by atoms with E-state index < -0.39 is 0 Å². The molecular weight excluding hydrogens is 318 g/mol. The molecule has 0 aliphatic heterocycles. The molecule has 19 heavy (non-hydrogen) atoms. The summed E-state index contributed by atoms with van der Waals surface area (Å²) in [6, 6.07) is 14.6. The minimum absolute atomic E-state index is 0.0922. The van der Waals surface area contributed by atoms with Gasteiger partial charge in [-0.2, -0.15) is 0 Å². The normalized spacial score (nSPS) is 12.8. The highest BCUT2D eigenvalue weighted by atomic mass is 79.9. The zero-order chi connectivity index (χ0) is 13.4. The van der Waals surface area contributed by atoms with Gasteiger partial charge in [-0.25, -0.2) is 0 Å². The van der Waals surface area contributed by atoms with E-state index in [1.165, 1.54) is 21.2 Å². The quantitative estimate of drug-likeness (QED) is 0.700. The first-order chi connectivity index (χ1) is 9.18. The van der Waals surface area contributed by atoms with Crippen LogP contribution in [0.25, 0.3) is 10.1 Å². The number of hydrogen-bond acceptors (Lipinski definition) is 2. The van der Waals surface area contributed by atoms with Crippen molar-refractivity contribution in [3.63, 3.8) is 0 Å². The lowest BCUT2D eigenvalue weighted by atomic mass is 9.98. The largest absolute Gasteiger partial charge is 0.320 e. The van der Waals surface area contributed by atoms with E-state index in [2.05, 4.69) is 70.7 Å². The van der Waals surface area contributed by atoms with Crippen molar-refractivity contribution >= 4 is 37.4 Å². The summed E-state index contributed by atoms with van der Waals surface area (Å²) in [4.78, 5) is 0.